The van der Waals surface area contributed by atoms with Crippen LogP contribution < -0.4 is 0 Å². The summed E-state index contributed by atoms with van der Waals surface area (Å²) in [6.07, 6.45) is 4.27. The maximum atomic E-state index is 2.79. The first-order valence-corrected chi connectivity index (χ1v) is 7.46. The second-order valence-electron chi connectivity index (χ2n) is 6.36. The van der Waals surface area contributed by atoms with Gasteiger partial charge in [0.15, 0.2) is 0 Å². The first kappa shape index (κ1) is 11.9. The topological polar surface area (TPSA) is 9.72 Å². The molecule has 2 unspecified atom stereocenters. The molecule has 0 saturated carbocycles. The molecule has 3 aliphatic heterocycles. The minimum Gasteiger partial charge on any atom is -0.299 e. The third kappa shape index (κ3) is 2.38. The van der Waals surface area contributed by atoms with E-state index in [1.807, 2.05) is 0 Å². The van der Waals surface area contributed by atoms with Crippen LogP contribution in [0.4, 0.5) is 0 Å². The molecule has 98 valence electrons. The summed E-state index contributed by atoms with van der Waals surface area (Å²) in [7, 11) is 0. The van der Waals surface area contributed by atoms with Crippen molar-refractivity contribution in [1.82, 2.24) is 14.7 Å². The minimum absolute atomic E-state index is 0.729. The van der Waals surface area contributed by atoms with Crippen molar-refractivity contribution < 1.29 is 0 Å². The van der Waals surface area contributed by atoms with Gasteiger partial charge in [0.25, 0.3) is 0 Å². The van der Waals surface area contributed by atoms with Crippen LogP contribution in [0.3, 0.4) is 0 Å². The van der Waals surface area contributed by atoms with Crippen molar-refractivity contribution in [3.05, 3.63) is 0 Å². The summed E-state index contributed by atoms with van der Waals surface area (Å²) >= 11 is 0. The molecule has 0 bridgehead atoms. The van der Waals surface area contributed by atoms with Crippen LogP contribution >= 0.6 is 0 Å². The third-order valence-electron chi connectivity index (χ3n) is 5.06. The summed E-state index contributed by atoms with van der Waals surface area (Å²) in [5, 5.41) is 0. The molecule has 3 heteroatoms. The lowest BCUT2D eigenvalue weighted by Crippen LogP contribution is -2.54. The molecule has 0 aromatic carbocycles. The van der Waals surface area contributed by atoms with Gasteiger partial charge >= 0.3 is 0 Å². The van der Waals surface area contributed by atoms with E-state index in [0.717, 1.165) is 18.1 Å². The number of hydrogen-bond acceptors (Lipinski definition) is 3. The fourth-order valence-electron chi connectivity index (χ4n) is 3.88. The van der Waals surface area contributed by atoms with E-state index in [0.29, 0.717) is 0 Å². The zero-order chi connectivity index (χ0) is 11.8. The van der Waals surface area contributed by atoms with Crippen molar-refractivity contribution in [1.29, 1.82) is 0 Å². The first-order valence-electron chi connectivity index (χ1n) is 7.46. The number of fused-ring (bicyclic) bond motifs is 1. The average Bonchev–Trinajstić information content (AvgIpc) is 2.97. The van der Waals surface area contributed by atoms with E-state index in [1.54, 1.807) is 0 Å². The van der Waals surface area contributed by atoms with Crippen molar-refractivity contribution >= 4 is 0 Å². The van der Waals surface area contributed by atoms with Gasteiger partial charge in [0.1, 0.15) is 0 Å². The number of nitrogens with zero attached hydrogens (tertiary/aromatic N) is 3. The summed E-state index contributed by atoms with van der Waals surface area (Å²) in [6.45, 7) is 12.6. The third-order valence-corrected chi connectivity index (χ3v) is 5.06. The summed E-state index contributed by atoms with van der Waals surface area (Å²) in [5.74, 6) is 0. The molecule has 3 nitrogen and oxygen atoms in total. The summed E-state index contributed by atoms with van der Waals surface area (Å²) < 4.78 is 0. The number of rotatable bonds is 2. The Bertz CT molecular complexity index is 266. The first-order chi connectivity index (χ1) is 8.24. The lowest BCUT2D eigenvalue weighted by Gasteiger charge is -2.40. The second kappa shape index (κ2) is 4.87. The number of likely N-dealkylation sites (tertiary alicyclic amines) is 1. The van der Waals surface area contributed by atoms with Gasteiger partial charge in [-0.3, -0.25) is 14.7 Å². The zero-order valence-corrected chi connectivity index (χ0v) is 11.4. The van der Waals surface area contributed by atoms with Crippen molar-refractivity contribution in [3.8, 4) is 0 Å². The van der Waals surface area contributed by atoms with Gasteiger partial charge < -0.3 is 0 Å². The van der Waals surface area contributed by atoms with E-state index >= 15 is 0 Å². The second-order valence-corrected chi connectivity index (χ2v) is 6.36. The van der Waals surface area contributed by atoms with Gasteiger partial charge in [-0.1, -0.05) is 0 Å². The standard InChI is InChI=1S/C14H27N3/c1-12(2)16-7-5-14(10-16)17-9-8-15-6-3-4-13(15)11-17/h12-14H,3-11H2,1-2H3. The Labute approximate surface area is 106 Å². The highest BCUT2D eigenvalue weighted by Gasteiger charge is 2.36. The Hall–Kier alpha value is -0.120. The van der Waals surface area contributed by atoms with Gasteiger partial charge in [0.2, 0.25) is 0 Å². The van der Waals surface area contributed by atoms with Gasteiger partial charge in [-0.25, -0.2) is 0 Å². The van der Waals surface area contributed by atoms with E-state index in [2.05, 4.69) is 28.5 Å². The molecule has 17 heavy (non-hydrogen) atoms. The van der Waals surface area contributed by atoms with Crippen LogP contribution in [0, 0.1) is 0 Å². The summed E-state index contributed by atoms with van der Waals surface area (Å²) in [5.41, 5.74) is 0. The Balaban J connectivity index is 1.55. The van der Waals surface area contributed by atoms with E-state index in [9.17, 15) is 0 Å². The molecule has 0 amide bonds. The van der Waals surface area contributed by atoms with Gasteiger partial charge in [0.05, 0.1) is 0 Å². The molecule has 0 aromatic rings. The fraction of sp³-hybridized carbons (Fsp3) is 1.00. The lowest BCUT2D eigenvalue weighted by atomic mass is 10.1. The van der Waals surface area contributed by atoms with Gasteiger partial charge in [-0.2, -0.15) is 0 Å². The van der Waals surface area contributed by atoms with Crippen LogP contribution in [0.25, 0.3) is 0 Å². The molecule has 0 radical (unpaired) electrons. The van der Waals surface area contributed by atoms with Crippen LogP contribution in [0.5, 0.6) is 0 Å². The quantitative estimate of drug-likeness (QED) is 0.716. The molecule has 0 aromatic heterocycles. The molecule has 3 heterocycles. The minimum atomic E-state index is 0.729. The molecular weight excluding hydrogens is 210 g/mol. The van der Waals surface area contributed by atoms with Crippen molar-refractivity contribution in [2.24, 2.45) is 0 Å². The van der Waals surface area contributed by atoms with E-state index in [-0.39, 0.29) is 0 Å². The Kier molecular flexibility index (Phi) is 3.42. The van der Waals surface area contributed by atoms with Crippen molar-refractivity contribution in [2.45, 2.75) is 51.2 Å². The van der Waals surface area contributed by atoms with Gasteiger partial charge in [-0.15, -0.1) is 0 Å². The molecule has 2 atom stereocenters. The molecule has 0 N–H and O–H groups in total. The van der Waals surface area contributed by atoms with E-state index in [1.165, 1.54) is 58.5 Å². The van der Waals surface area contributed by atoms with E-state index < -0.39 is 0 Å². The van der Waals surface area contributed by atoms with Crippen molar-refractivity contribution in [3.63, 3.8) is 0 Å². The van der Waals surface area contributed by atoms with Gasteiger partial charge in [0, 0.05) is 50.8 Å². The van der Waals surface area contributed by atoms with Crippen LogP contribution in [0.1, 0.15) is 33.1 Å². The molecule has 3 rings (SSSR count). The fourth-order valence-corrected chi connectivity index (χ4v) is 3.88. The predicted molar refractivity (Wildman–Crippen MR) is 71.3 cm³/mol. The molecule has 3 aliphatic rings. The van der Waals surface area contributed by atoms with Crippen LogP contribution in [-0.4, -0.2) is 72.1 Å². The summed E-state index contributed by atoms with van der Waals surface area (Å²) in [4.78, 5) is 8.15. The van der Waals surface area contributed by atoms with E-state index in [4.69, 9.17) is 0 Å². The highest BCUT2D eigenvalue weighted by molar-refractivity contribution is 4.92. The molecule has 3 saturated heterocycles. The van der Waals surface area contributed by atoms with Crippen LogP contribution in [0.2, 0.25) is 0 Å². The SMILES string of the molecule is CC(C)N1CCC(N2CCN3CCCC3C2)C1. The maximum Gasteiger partial charge on any atom is 0.0236 e. The zero-order valence-electron chi connectivity index (χ0n) is 11.4. The molecule has 0 aliphatic carbocycles. The number of piperazine rings is 1. The summed E-state index contributed by atoms with van der Waals surface area (Å²) in [6, 6.07) is 2.46. The predicted octanol–water partition coefficient (Wildman–Crippen LogP) is 1.25. The highest BCUT2D eigenvalue weighted by Crippen LogP contribution is 2.25. The molecular formula is C14H27N3. The van der Waals surface area contributed by atoms with Crippen LogP contribution in [0.15, 0.2) is 0 Å². The van der Waals surface area contributed by atoms with Crippen LogP contribution in [-0.2, 0) is 0 Å². The Morgan fingerprint density at radius 1 is 0.824 bits per heavy atom. The highest BCUT2D eigenvalue weighted by atomic mass is 15.3. The lowest BCUT2D eigenvalue weighted by molar-refractivity contribution is 0.0722. The number of hydrogen-bond donors (Lipinski definition) is 0. The Morgan fingerprint density at radius 2 is 1.59 bits per heavy atom. The Morgan fingerprint density at radius 3 is 2.35 bits per heavy atom. The smallest absolute Gasteiger partial charge is 0.0236 e. The molecule has 3 fully saturated rings. The largest absolute Gasteiger partial charge is 0.299 e. The normalized spacial score (nSPS) is 36.9. The van der Waals surface area contributed by atoms with Crippen molar-refractivity contribution in [2.75, 3.05) is 39.3 Å². The molecule has 0 spiro atoms. The monoisotopic (exact) mass is 237 g/mol. The maximum absolute atomic E-state index is 2.79. The average molecular weight is 237 g/mol. The van der Waals surface area contributed by atoms with Gasteiger partial charge in [-0.05, 0) is 39.7 Å².